The summed E-state index contributed by atoms with van der Waals surface area (Å²) >= 11 is 3.11. The number of hydrogen-bond acceptors (Lipinski definition) is 3. The topological polar surface area (TPSA) is 30.5 Å². The molecule has 1 rings (SSSR count). The summed E-state index contributed by atoms with van der Waals surface area (Å²) in [7, 11) is 1.56. The first-order chi connectivity index (χ1) is 8.42. The maximum atomic E-state index is 12.2. The number of methoxy groups -OCH3 is 1. The van der Waals surface area contributed by atoms with E-state index in [4.69, 9.17) is 4.74 Å². The molecule has 0 aliphatic carbocycles. The molecule has 0 aliphatic heterocycles. The zero-order chi connectivity index (χ0) is 13.6. The molecule has 18 heavy (non-hydrogen) atoms. The van der Waals surface area contributed by atoms with Crippen LogP contribution >= 0.6 is 15.9 Å². The van der Waals surface area contributed by atoms with Gasteiger partial charge in [-0.1, -0.05) is 22.0 Å². The average Bonchev–Trinajstić information content (AvgIpc) is 2.24. The van der Waals surface area contributed by atoms with Gasteiger partial charge in [-0.3, -0.25) is 0 Å². The first-order valence-corrected chi connectivity index (χ1v) is 5.95. The minimum absolute atomic E-state index is 0.207. The summed E-state index contributed by atoms with van der Waals surface area (Å²) in [5.41, 5.74) is 0.437. The molecule has 0 unspecified atom stereocenters. The number of alkyl halides is 3. The Morgan fingerprint density at radius 1 is 1.33 bits per heavy atom. The third kappa shape index (κ3) is 5.70. The lowest BCUT2D eigenvalue weighted by Crippen LogP contribution is -2.21. The molecule has 0 atom stereocenters. The van der Waals surface area contributed by atoms with Gasteiger partial charge in [-0.2, -0.15) is 0 Å². The molecule has 102 valence electrons. The maximum Gasteiger partial charge on any atom is 0.573 e. The molecule has 0 saturated carbocycles. The van der Waals surface area contributed by atoms with Gasteiger partial charge in [0.25, 0.3) is 0 Å². The summed E-state index contributed by atoms with van der Waals surface area (Å²) in [6.45, 7) is 1.33. The summed E-state index contributed by atoms with van der Waals surface area (Å²) in [6.07, 6.45) is -4.69. The van der Waals surface area contributed by atoms with E-state index in [1.165, 1.54) is 6.07 Å². The average molecular weight is 328 g/mol. The molecule has 0 bridgehead atoms. The first-order valence-electron chi connectivity index (χ1n) is 5.16. The third-order valence-electron chi connectivity index (χ3n) is 2.05. The Morgan fingerprint density at radius 3 is 2.67 bits per heavy atom. The Hall–Kier alpha value is -0.790. The van der Waals surface area contributed by atoms with Crippen LogP contribution in [0.25, 0.3) is 0 Å². The van der Waals surface area contributed by atoms with Gasteiger partial charge in [-0.05, 0) is 12.1 Å². The second-order valence-electron chi connectivity index (χ2n) is 3.47. The van der Waals surface area contributed by atoms with Gasteiger partial charge in [0.2, 0.25) is 0 Å². The fourth-order valence-electron chi connectivity index (χ4n) is 1.29. The van der Waals surface area contributed by atoms with Gasteiger partial charge in [-0.25, -0.2) is 0 Å². The predicted octanol–water partition coefficient (Wildman–Crippen LogP) is 3.08. The smallest absolute Gasteiger partial charge is 0.405 e. The fraction of sp³-hybridized carbons (Fsp3) is 0.455. The highest BCUT2D eigenvalue weighted by Gasteiger charge is 2.32. The summed E-state index contributed by atoms with van der Waals surface area (Å²) < 4.78 is 46.0. The van der Waals surface area contributed by atoms with Gasteiger partial charge < -0.3 is 14.8 Å². The van der Waals surface area contributed by atoms with Crippen molar-refractivity contribution in [1.82, 2.24) is 5.32 Å². The van der Waals surface area contributed by atoms with E-state index in [-0.39, 0.29) is 12.3 Å². The maximum absolute atomic E-state index is 12.2. The van der Waals surface area contributed by atoms with Crippen LogP contribution in [0.4, 0.5) is 13.2 Å². The molecular weight excluding hydrogens is 315 g/mol. The molecule has 1 aromatic rings. The Balaban J connectivity index is 2.70. The quantitative estimate of drug-likeness (QED) is 0.814. The molecule has 0 fully saturated rings. The molecule has 0 saturated heterocycles. The van der Waals surface area contributed by atoms with Crippen molar-refractivity contribution in [2.75, 3.05) is 20.3 Å². The van der Waals surface area contributed by atoms with E-state index >= 15 is 0 Å². The van der Waals surface area contributed by atoms with E-state index < -0.39 is 6.36 Å². The van der Waals surface area contributed by atoms with Crippen LogP contribution in [-0.2, 0) is 11.3 Å². The lowest BCUT2D eigenvalue weighted by Gasteiger charge is -2.14. The standard InChI is InChI=1S/C11H13BrF3NO2/c1-17-5-4-16-7-8-2-3-9(12)6-10(8)18-11(13,14)15/h2-3,6,16H,4-5,7H2,1H3. The normalized spacial score (nSPS) is 11.6. The van der Waals surface area contributed by atoms with Gasteiger partial charge in [0.05, 0.1) is 6.61 Å². The number of rotatable bonds is 6. The lowest BCUT2D eigenvalue weighted by molar-refractivity contribution is -0.274. The van der Waals surface area contributed by atoms with Crippen LogP contribution in [0.5, 0.6) is 5.75 Å². The summed E-state index contributed by atoms with van der Waals surface area (Å²) in [5, 5.41) is 2.96. The Labute approximate surface area is 111 Å². The molecule has 0 aromatic heterocycles. The van der Waals surface area contributed by atoms with Gasteiger partial charge in [0.15, 0.2) is 0 Å². The number of ether oxygens (including phenoxy) is 2. The van der Waals surface area contributed by atoms with Crippen molar-refractivity contribution in [3.05, 3.63) is 28.2 Å². The van der Waals surface area contributed by atoms with E-state index in [1.54, 1.807) is 19.2 Å². The zero-order valence-corrected chi connectivity index (χ0v) is 11.3. The summed E-state index contributed by atoms with van der Waals surface area (Å²) in [6, 6.07) is 4.53. The van der Waals surface area contributed by atoms with Crippen LogP contribution in [-0.4, -0.2) is 26.6 Å². The number of halogens is 4. The van der Waals surface area contributed by atoms with Gasteiger partial charge >= 0.3 is 6.36 Å². The van der Waals surface area contributed by atoms with E-state index in [0.29, 0.717) is 23.2 Å². The molecule has 0 radical (unpaired) electrons. The molecule has 0 spiro atoms. The van der Waals surface area contributed by atoms with E-state index in [9.17, 15) is 13.2 Å². The number of benzene rings is 1. The molecule has 7 heteroatoms. The highest BCUT2D eigenvalue weighted by Crippen LogP contribution is 2.29. The van der Waals surface area contributed by atoms with Crippen molar-refractivity contribution >= 4 is 15.9 Å². The largest absolute Gasteiger partial charge is 0.573 e. The number of hydrogen-bond donors (Lipinski definition) is 1. The molecule has 3 nitrogen and oxygen atoms in total. The van der Waals surface area contributed by atoms with Gasteiger partial charge in [-0.15, -0.1) is 13.2 Å². The third-order valence-corrected chi connectivity index (χ3v) is 2.55. The Kier molecular flexibility index (Phi) is 5.90. The molecule has 1 aromatic carbocycles. The van der Waals surface area contributed by atoms with Gasteiger partial charge in [0, 0.05) is 30.2 Å². The van der Waals surface area contributed by atoms with Crippen molar-refractivity contribution in [3.8, 4) is 5.75 Å². The van der Waals surface area contributed by atoms with Crippen LogP contribution in [0.3, 0.4) is 0 Å². The first kappa shape index (κ1) is 15.3. The van der Waals surface area contributed by atoms with Crippen molar-refractivity contribution in [3.63, 3.8) is 0 Å². The van der Waals surface area contributed by atoms with Gasteiger partial charge in [0.1, 0.15) is 5.75 Å². The molecule has 0 aliphatic rings. The summed E-state index contributed by atoms with van der Waals surface area (Å²) in [4.78, 5) is 0. The summed E-state index contributed by atoms with van der Waals surface area (Å²) in [5.74, 6) is -0.207. The fourth-order valence-corrected chi connectivity index (χ4v) is 1.63. The molecule has 0 amide bonds. The highest BCUT2D eigenvalue weighted by atomic mass is 79.9. The van der Waals surface area contributed by atoms with Crippen LogP contribution in [0.15, 0.2) is 22.7 Å². The van der Waals surface area contributed by atoms with Crippen LogP contribution in [0.1, 0.15) is 5.56 Å². The second-order valence-corrected chi connectivity index (χ2v) is 4.39. The minimum atomic E-state index is -4.69. The SMILES string of the molecule is COCCNCc1ccc(Br)cc1OC(F)(F)F. The molecule has 1 N–H and O–H groups in total. The van der Waals surface area contributed by atoms with E-state index in [0.717, 1.165) is 0 Å². The van der Waals surface area contributed by atoms with E-state index in [2.05, 4.69) is 26.0 Å². The Morgan fingerprint density at radius 2 is 2.06 bits per heavy atom. The predicted molar refractivity (Wildman–Crippen MR) is 64.4 cm³/mol. The highest BCUT2D eigenvalue weighted by molar-refractivity contribution is 9.10. The monoisotopic (exact) mass is 327 g/mol. The van der Waals surface area contributed by atoms with Crippen LogP contribution in [0.2, 0.25) is 0 Å². The zero-order valence-electron chi connectivity index (χ0n) is 9.68. The lowest BCUT2D eigenvalue weighted by atomic mass is 10.2. The minimum Gasteiger partial charge on any atom is -0.405 e. The number of nitrogens with one attached hydrogen (secondary N) is 1. The van der Waals surface area contributed by atoms with Crippen molar-refractivity contribution in [2.45, 2.75) is 12.9 Å². The van der Waals surface area contributed by atoms with Crippen molar-refractivity contribution in [2.24, 2.45) is 0 Å². The van der Waals surface area contributed by atoms with Crippen molar-refractivity contribution in [1.29, 1.82) is 0 Å². The second kappa shape index (κ2) is 6.96. The van der Waals surface area contributed by atoms with Crippen molar-refractivity contribution < 1.29 is 22.6 Å². The van der Waals surface area contributed by atoms with Crippen LogP contribution in [0, 0.1) is 0 Å². The van der Waals surface area contributed by atoms with E-state index in [1.807, 2.05) is 0 Å². The van der Waals surface area contributed by atoms with Crippen LogP contribution < -0.4 is 10.1 Å². The Bertz CT molecular complexity index is 385. The molecular formula is C11H13BrF3NO2. The molecule has 0 heterocycles.